The van der Waals surface area contributed by atoms with Crippen LogP contribution >= 0.6 is 0 Å². The molecule has 22 heavy (non-hydrogen) atoms. The number of nitro benzene ring substituents is 1. The first-order valence-corrected chi connectivity index (χ1v) is 7.12. The van der Waals surface area contributed by atoms with Gasteiger partial charge < -0.3 is 14.8 Å². The smallest absolute Gasteiger partial charge is 0.278 e. The van der Waals surface area contributed by atoms with E-state index in [0.717, 1.165) is 13.0 Å². The van der Waals surface area contributed by atoms with Gasteiger partial charge in [-0.15, -0.1) is 0 Å². The van der Waals surface area contributed by atoms with Crippen molar-refractivity contribution in [1.82, 2.24) is 14.8 Å². The highest BCUT2D eigenvalue weighted by molar-refractivity contribution is 5.90. The Morgan fingerprint density at radius 2 is 2.14 bits per heavy atom. The summed E-state index contributed by atoms with van der Waals surface area (Å²) in [6, 6.07) is 6.55. The summed E-state index contributed by atoms with van der Waals surface area (Å²) in [6.07, 6.45) is 2.59. The molecule has 0 saturated heterocycles. The zero-order valence-corrected chi connectivity index (χ0v) is 12.8. The van der Waals surface area contributed by atoms with Crippen molar-refractivity contribution in [3.63, 3.8) is 0 Å². The van der Waals surface area contributed by atoms with Crippen LogP contribution < -0.4 is 5.32 Å². The molecule has 0 atom stereocenters. The van der Waals surface area contributed by atoms with Crippen molar-refractivity contribution < 1.29 is 9.72 Å². The van der Waals surface area contributed by atoms with Crippen LogP contribution in [-0.2, 0) is 11.3 Å². The monoisotopic (exact) mass is 304 g/mol. The second kappa shape index (κ2) is 7.04. The second-order valence-corrected chi connectivity index (χ2v) is 5.42. The number of nitro groups is 1. The Labute approximate surface area is 128 Å². The normalized spacial score (nSPS) is 11.0. The van der Waals surface area contributed by atoms with Gasteiger partial charge in [-0.25, -0.2) is 0 Å². The first kappa shape index (κ1) is 16.0. The Hall–Kier alpha value is -2.41. The molecule has 118 valence electrons. The summed E-state index contributed by atoms with van der Waals surface area (Å²) in [4.78, 5) is 24.6. The van der Waals surface area contributed by atoms with Crippen LogP contribution in [0.5, 0.6) is 0 Å². The highest BCUT2D eigenvalue weighted by atomic mass is 16.6. The van der Waals surface area contributed by atoms with Crippen LogP contribution in [0.3, 0.4) is 0 Å². The Kier molecular flexibility index (Phi) is 5.11. The minimum Gasteiger partial charge on any atom is -0.355 e. The number of fused-ring (bicyclic) bond motifs is 1. The largest absolute Gasteiger partial charge is 0.355 e. The lowest BCUT2D eigenvalue weighted by Gasteiger charge is -2.10. The maximum atomic E-state index is 11.9. The van der Waals surface area contributed by atoms with Gasteiger partial charge in [-0.2, -0.15) is 0 Å². The van der Waals surface area contributed by atoms with E-state index in [0.29, 0.717) is 17.4 Å². The first-order valence-electron chi connectivity index (χ1n) is 7.12. The van der Waals surface area contributed by atoms with Crippen molar-refractivity contribution >= 4 is 22.5 Å². The molecule has 0 aliphatic carbocycles. The van der Waals surface area contributed by atoms with Gasteiger partial charge >= 0.3 is 0 Å². The van der Waals surface area contributed by atoms with Gasteiger partial charge in [0, 0.05) is 18.8 Å². The average Bonchev–Trinajstić information content (AvgIpc) is 2.86. The van der Waals surface area contributed by atoms with Crippen LogP contribution in [0.4, 0.5) is 5.69 Å². The number of carbonyl (C=O) groups excluding carboxylic acids is 1. The highest BCUT2D eigenvalue weighted by Crippen LogP contribution is 2.26. The SMILES string of the molecule is CN(C)CCCNC(=O)Cn1ccc2c([N+](=O)[O-])cccc21. The van der Waals surface area contributed by atoms with Crippen molar-refractivity contribution in [2.45, 2.75) is 13.0 Å². The molecule has 0 aliphatic rings. The van der Waals surface area contributed by atoms with Gasteiger partial charge in [-0.3, -0.25) is 14.9 Å². The number of nitrogens with zero attached hydrogens (tertiary/aromatic N) is 3. The fourth-order valence-electron chi connectivity index (χ4n) is 2.34. The zero-order chi connectivity index (χ0) is 16.1. The molecule has 0 aliphatic heterocycles. The van der Waals surface area contributed by atoms with Crippen LogP contribution in [-0.4, -0.2) is 47.5 Å². The number of nitrogens with one attached hydrogen (secondary N) is 1. The quantitative estimate of drug-likeness (QED) is 0.479. The first-order chi connectivity index (χ1) is 10.5. The van der Waals surface area contributed by atoms with Crippen LogP contribution in [0.25, 0.3) is 10.9 Å². The molecular formula is C15H20N4O3. The van der Waals surface area contributed by atoms with E-state index in [-0.39, 0.29) is 18.1 Å². The molecule has 0 radical (unpaired) electrons. The van der Waals surface area contributed by atoms with Gasteiger partial charge in [0.05, 0.1) is 15.8 Å². The van der Waals surface area contributed by atoms with Crippen molar-refractivity contribution in [2.75, 3.05) is 27.2 Å². The number of amides is 1. The second-order valence-electron chi connectivity index (χ2n) is 5.42. The van der Waals surface area contributed by atoms with Crippen LogP contribution in [0.2, 0.25) is 0 Å². The minimum absolute atomic E-state index is 0.0580. The minimum atomic E-state index is -0.409. The Morgan fingerprint density at radius 1 is 1.36 bits per heavy atom. The molecule has 0 fully saturated rings. The molecular weight excluding hydrogens is 284 g/mol. The molecule has 7 nitrogen and oxygen atoms in total. The molecule has 0 unspecified atom stereocenters. The van der Waals surface area contributed by atoms with Gasteiger partial charge in [0.2, 0.25) is 5.91 Å². The lowest BCUT2D eigenvalue weighted by Crippen LogP contribution is -2.29. The van der Waals surface area contributed by atoms with E-state index in [1.165, 1.54) is 6.07 Å². The summed E-state index contributed by atoms with van der Waals surface area (Å²) in [5.41, 5.74) is 0.750. The number of non-ortho nitro benzene ring substituents is 1. The van der Waals surface area contributed by atoms with E-state index >= 15 is 0 Å². The lowest BCUT2D eigenvalue weighted by molar-refractivity contribution is -0.383. The molecule has 0 bridgehead atoms. The summed E-state index contributed by atoms with van der Waals surface area (Å²) in [5.74, 6) is -0.0947. The molecule has 1 aromatic carbocycles. The van der Waals surface area contributed by atoms with E-state index in [1.807, 2.05) is 14.1 Å². The van der Waals surface area contributed by atoms with Crippen molar-refractivity contribution in [3.8, 4) is 0 Å². The summed E-state index contributed by atoms with van der Waals surface area (Å²) in [5, 5.41) is 14.4. The van der Waals surface area contributed by atoms with Crippen LogP contribution in [0, 0.1) is 10.1 Å². The third-order valence-electron chi connectivity index (χ3n) is 3.41. The number of rotatable bonds is 7. The molecule has 1 aromatic heterocycles. The standard InChI is InChI=1S/C15H20N4O3/c1-17(2)9-4-8-16-15(20)11-18-10-7-12-13(18)5-3-6-14(12)19(21)22/h3,5-7,10H,4,8-9,11H2,1-2H3,(H,16,20). The lowest BCUT2D eigenvalue weighted by atomic mass is 10.2. The fourth-order valence-corrected chi connectivity index (χ4v) is 2.34. The third kappa shape index (κ3) is 3.82. The van der Waals surface area contributed by atoms with Crippen LogP contribution in [0.15, 0.2) is 30.5 Å². The highest BCUT2D eigenvalue weighted by Gasteiger charge is 2.14. The summed E-state index contributed by atoms with van der Waals surface area (Å²) in [6.45, 7) is 1.70. The van der Waals surface area contributed by atoms with Gasteiger partial charge in [0.15, 0.2) is 0 Å². The predicted molar refractivity (Wildman–Crippen MR) is 84.8 cm³/mol. The van der Waals surface area contributed by atoms with E-state index in [2.05, 4.69) is 10.2 Å². The number of hydrogen-bond donors (Lipinski definition) is 1. The number of aromatic nitrogens is 1. The number of hydrogen-bond acceptors (Lipinski definition) is 4. The molecule has 2 aromatic rings. The predicted octanol–water partition coefficient (Wildman–Crippen LogP) is 1.62. The maximum absolute atomic E-state index is 11.9. The Balaban J connectivity index is 2.01. The molecule has 1 heterocycles. The maximum Gasteiger partial charge on any atom is 0.278 e. The summed E-state index contributed by atoms with van der Waals surface area (Å²) < 4.78 is 1.73. The molecule has 2 rings (SSSR count). The van der Waals surface area contributed by atoms with Gasteiger partial charge in [0.25, 0.3) is 5.69 Å². The molecule has 1 N–H and O–H groups in total. The Morgan fingerprint density at radius 3 is 2.82 bits per heavy atom. The van der Waals surface area contributed by atoms with Crippen LogP contribution in [0.1, 0.15) is 6.42 Å². The summed E-state index contributed by atoms with van der Waals surface area (Å²) in [7, 11) is 3.97. The van der Waals surface area contributed by atoms with Crippen molar-refractivity contribution in [2.24, 2.45) is 0 Å². The third-order valence-corrected chi connectivity index (χ3v) is 3.41. The number of carbonyl (C=O) groups is 1. The Bertz CT molecular complexity index is 678. The topological polar surface area (TPSA) is 80.4 Å². The van der Waals surface area contributed by atoms with E-state index < -0.39 is 4.92 Å². The average molecular weight is 304 g/mol. The van der Waals surface area contributed by atoms with Crippen molar-refractivity contribution in [1.29, 1.82) is 0 Å². The molecule has 1 amide bonds. The van der Waals surface area contributed by atoms with E-state index in [9.17, 15) is 14.9 Å². The number of benzene rings is 1. The van der Waals surface area contributed by atoms with Gasteiger partial charge in [0.1, 0.15) is 6.54 Å². The molecule has 0 saturated carbocycles. The molecule has 7 heteroatoms. The fraction of sp³-hybridized carbons (Fsp3) is 0.400. The van der Waals surface area contributed by atoms with Gasteiger partial charge in [-0.1, -0.05) is 6.07 Å². The zero-order valence-electron chi connectivity index (χ0n) is 12.8. The van der Waals surface area contributed by atoms with Crippen molar-refractivity contribution in [3.05, 3.63) is 40.6 Å². The van der Waals surface area contributed by atoms with E-state index in [4.69, 9.17) is 0 Å². The van der Waals surface area contributed by atoms with E-state index in [1.54, 1.807) is 29.0 Å². The summed E-state index contributed by atoms with van der Waals surface area (Å²) >= 11 is 0. The van der Waals surface area contributed by atoms with Gasteiger partial charge in [-0.05, 0) is 39.2 Å². The molecule has 0 spiro atoms.